The van der Waals surface area contributed by atoms with E-state index in [0.717, 1.165) is 11.1 Å². The summed E-state index contributed by atoms with van der Waals surface area (Å²) in [7, 11) is 0. The molecule has 0 saturated carbocycles. The van der Waals surface area contributed by atoms with Gasteiger partial charge in [0.1, 0.15) is 0 Å². The van der Waals surface area contributed by atoms with Crippen molar-refractivity contribution in [1.29, 1.82) is 0 Å². The van der Waals surface area contributed by atoms with E-state index in [1.54, 1.807) is 0 Å². The Labute approximate surface area is 85.2 Å². The minimum Gasteiger partial charge on any atom is -0.388 e. The average molecular weight is 194 g/mol. The van der Waals surface area contributed by atoms with Gasteiger partial charge in [-0.15, -0.1) is 0 Å². The van der Waals surface area contributed by atoms with Crippen LogP contribution in [0.15, 0.2) is 24.3 Å². The molecule has 0 fully saturated rings. The third-order valence-electron chi connectivity index (χ3n) is 2.49. The van der Waals surface area contributed by atoms with E-state index in [-0.39, 0.29) is 0 Å². The second kappa shape index (κ2) is 5.13. The molecule has 0 saturated heterocycles. The van der Waals surface area contributed by atoms with Gasteiger partial charge in [-0.3, -0.25) is 0 Å². The summed E-state index contributed by atoms with van der Waals surface area (Å²) in [5.41, 5.74) is 1.70. The summed E-state index contributed by atoms with van der Waals surface area (Å²) in [6.45, 7) is 3.86. The second-order valence-electron chi connectivity index (χ2n) is 3.48. The molecule has 0 heterocycles. The lowest BCUT2D eigenvalue weighted by Crippen LogP contribution is -2.05. The fourth-order valence-electron chi connectivity index (χ4n) is 1.56. The van der Waals surface area contributed by atoms with Gasteiger partial charge in [0.15, 0.2) is 0 Å². The summed E-state index contributed by atoms with van der Waals surface area (Å²) in [6, 6.07) is 7.53. The van der Waals surface area contributed by atoms with Gasteiger partial charge in [0.25, 0.3) is 0 Å². The molecule has 0 aliphatic carbocycles. The predicted octanol–water partition coefficient (Wildman–Crippen LogP) is 2.57. The topological polar surface area (TPSA) is 40.5 Å². The molecule has 78 valence electrons. The van der Waals surface area contributed by atoms with E-state index in [1.165, 1.54) is 0 Å². The average Bonchev–Trinajstić information content (AvgIpc) is 2.27. The summed E-state index contributed by atoms with van der Waals surface area (Å²) in [5.74, 6) is 0. The van der Waals surface area contributed by atoms with Gasteiger partial charge in [-0.25, -0.2) is 0 Å². The molecular weight excluding hydrogens is 176 g/mol. The first-order valence-electron chi connectivity index (χ1n) is 5.15. The third-order valence-corrected chi connectivity index (χ3v) is 2.49. The molecule has 0 amide bonds. The number of aliphatic hydroxyl groups excluding tert-OH is 2. The van der Waals surface area contributed by atoms with Crippen molar-refractivity contribution in [3.63, 3.8) is 0 Å². The van der Waals surface area contributed by atoms with Crippen molar-refractivity contribution in [3.8, 4) is 0 Å². The van der Waals surface area contributed by atoms with E-state index in [2.05, 4.69) is 0 Å². The van der Waals surface area contributed by atoms with Crippen molar-refractivity contribution in [3.05, 3.63) is 35.4 Å². The van der Waals surface area contributed by atoms with Crippen LogP contribution >= 0.6 is 0 Å². The summed E-state index contributed by atoms with van der Waals surface area (Å²) in [5, 5.41) is 19.5. The number of aliphatic hydroxyl groups is 2. The van der Waals surface area contributed by atoms with Gasteiger partial charge in [-0.1, -0.05) is 38.1 Å². The third kappa shape index (κ3) is 2.34. The molecule has 0 aliphatic heterocycles. The van der Waals surface area contributed by atoms with Crippen molar-refractivity contribution < 1.29 is 10.2 Å². The molecule has 2 heteroatoms. The van der Waals surface area contributed by atoms with E-state index in [4.69, 9.17) is 0 Å². The highest BCUT2D eigenvalue weighted by molar-refractivity contribution is 5.30. The monoisotopic (exact) mass is 194 g/mol. The van der Waals surface area contributed by atoms with E-state index in [9.17, 15) is 10.2 Å². The number of hydrogen-bond acceptors (Lipinski definition) is 2. The van der Waals surface area contributed by atoms with Crippen molar-refractivity contribution in [2.45, 2.75) is 38.9 Å². The Balaban J connectivity index is 3.02. The van der Waals surface area contributed by atoms with E-state index < -0.39 is 12.2 Å². The minimum absolute atomic E-state index is 0.465. The van der Waals surface area contributed by atoms with Gasteiger partial charge in [-0.2, -0.15) is 0 Å². The maximum atomic E-state index is 9.74. The SMILES string of the molecule is CC[C@H](O)c1ccccc1[C@@H](O)CC. The van der Waals surface area contributed by atoms with Crippen molar-refractivity contribution >= 4 is 0 Å². The van der Waals surface area contributed by atoms with Gasteiger partial charge in [0, 0.05) is 0 Å². The molecule has 0 aromatic heterocycles. The maximum absolute atomic E-state index is 9.74. The van der Waals surface area contributed by atoms with Crippen LogP contribution in [0, 0.1) is 0 Å². The van der Waals surface area contributed by atoms with E-state index in [1.807, 2.05) is 38.1 Å². The summed E-state index contributed by atoms with van der Waals surface area (Å²) < 4.78 is 0. The van der Waals surface area contributed by atoms with Crippen LogP contribution < -0.4 is 0 Å². The zero-order valence-corrected chi connectivity index (χ0v) is 8.77. The fourth-order valence-corrected chi connectivity index (χ4v) is 1.56. The van der Waals surface area contributed by atoms with Crippen LogP contribution in [-0.2, 0) is 0 Å². The Morgan fingerprint density at radius 1 is 0.929 bits per heavy atom. The Kier molecular flexibility index (Phi) is 4.11. The van der Waals surface area contributed by atoms with Crippen molar-refractivity contribution in [1.82, 2.24) is 0 Å². The molecule has 1 rings (SSSR count). The van der Waals surface area contributed by atoms with Crippen molar-refractivity contribution in [2.24, 2.45) is 0 Å². The normalized spacial score (nSPS) is 15.1. The molecule has 2 nitrogen and oxygen atoms in total. The highest BCUT2D eigenvalue weighted by Crippen LogP contribution is 2.26. The van der Waals surface area contributed by atoms with Crippen LogP contribution in [0.2, 0.25) is 0 Å². The van der Waals surface area contributed by atoms with Gasteiger partial charge in [0.2, 0.25) is 0 Å². The van der Waals surface area contributed by atoms with Crippen LogP contribution in [0.25, 0.3) is 0 Å². The molecule has 1 aromatic carbocycles. The minimum atomic E-state index is -0.465. The highest BCUT2D eigenvalue weighted by atomic mass is 16.3. The lowest BCUT2D eigenvalue weighted by atomic mass is 9.96. The molecule has 0 bridgehead atoms. The van der Waals surface area contributed by atoms with Crippen LogP contribution in [0.1, 0.15) is 50.0 Å². The predicted molar refractivity (Wildman–Crippen MR) is 56.9 cm³/mol. The molecule has 1 aromatic rings. The zero-order chi connectivity index (χ0) is 10.6. The summed E-state index contributed by atoms with van der Waals surface area (Å²) in [4.78, 5) is 0. The van der Waals surface area contributed by atoms with Gasteiger partial charge >= 0.3 is 0 Å². The first kappa shape index (κ1) is 11.2. The van der Waals surface area contributed by atoms with E-state index in [0.29, 0.717) is 12.8 Å². The van der Waals surface area contributed by atoms with Gasteiger partial charge in [-0.05, 0) is 24.0 Å². The van der Waals surface area contributed by atoms with Crippen LogP contribution in [0.5, 0.6) is 0 Å². The lowest BCUT2D eigenvalue weighted by molar-refractivity contribution is 0.150. The highest BCUT2D eigenvalue weighted by Gasteiger charge is 2.14. The van der Waals surface area contributed by atoms with Crippen LogP contribution in [-0.4, -0.2) is 10.2 Å². The largest absolute Gasteiger partial charge is 0.388 e. The van der Waals surface area contributed by atoms with Crippen LogP contribution in [0.3, 0.4) is 0 Å². The Hall–Kier alpha value is -0.860. The zero-order valence-electron chi connectivity index (χ0n) is 8.77. The molecule has 2 N–H and O–H groups in total. The molecule has 0 radical (unpaired) electrons. The number of hydrogen-bond donors (Lipinski definition) is 2. The molecule has 0 aliphatic rings. The van der Waals surface area contributed by atoms with E-state index >= 15 is 0 Å². The van der Waals surface area contributed by atoms with Crippen molar-refractivity contribution in [2.75, 3.05) is 0 Å². The molecule has 0 spiro atoms. The first-order chi connectivity index (χ1) is 6.70. The maximum Gasteiger partial charge on any atom is 0.0791 e. The van der Waals surface area contributed by atoms with Crippen LogP contribution in [0.4, 0.5) is 0 Å². The second-order valence-corrected chi connectivity index (χ2v) is 3.48. The number of rotatable bonds is 4. The molecular formula is C12H18O2. The smallest absolute Gasteiger partial charge is 0.0791 e. The van der Waals surface area contributed by atoms with Gasteiger partial charge in [0.05, 0.1) is 12.2 Å². The Morgan fingerprint density at radius 3 is 1.57 bits per heavy atom. The molecule has 0 unspecified atom stereocenters. The van der Waals surface area contributed by atoms with Gasteiger partial charge < -0.3 is 10.2 Å². The standard InChI is InChI=1S/C12H18O2/c1-3-11(13)9-7-5-6-8-10(9)12(14)4-2/h5-8,11-14H,3-4H2,1-2H3/t11-,12-/m0/s1. The quantitative estimate of drug-likeness (QED) is 0.773. The molecule has 14 heavy (non-hydrogen) atoms. The fraction of sp³-hybridized carbons (Fsp3) is 0.500. The number of benzene rings is 1. The lowest BCUT2D eigenvalue weighted by Gasteiger charge is -2.17. The summed E-state index contributed by atoms with van der Waals surface area (Å²) >= 11 is 0. The first-order valence-corrected chi connectivity index (χ1v) is 5.15. The summed E-state index contributed by atoms with van der Waals surface area (Å²) in [6.07, 6.45) is 0.417. The Bertz CT molecular complexity index is 254. The molecule has 2 atom stereocenters. The Morgan fingerprint density at radius 2 is 1.29 bits per heavy atom.